The molecule has 0 radical (unpaired) electrons. The highest BCUT2D eigenvalue weighted by Crippen LogP contribution is 2.17. The average molecular weight is 225 g/mol. The number of anilines is 1. The van der Waals surface area contributed by atoms with Gasteiger partial charge in [-0.2, -0.15) is 0 Å². The summed E-state index contributed by atoms with van der Waals surface area (Å²) in [5, 5.41) is 9.06. The first-order valence-electron chi connectivity index (χ1n) is 5.24. The minimum absolute atomic E-state index is 0.0214. The van der Waals surface area contributed by atoms with Crippen LogP contribution < -0.4 is 10.5 Å². The SMILES string of the molecule is CC1COC(CO)CN1c1cc(=O)[nH]cn1. The van der Waals surface area contributed by atoms with Crippen molar-refractivity contribution in [3.8, 4) is 0 Å². The van der Waals surface area contributed by atoms with Crippen LogP contribution in [0.2, 0.25) is 0 Å². The largest absolute Gasteiger partial charge is 0.394 e. The van der Waals surface area contributed by atoms with Gasteiger partial charge in [0.15, 0.2) is 0 Å². The highest BCUT2D eigenvalue weighted by atomic mass is 16.5. The molecule has 0 aliphatic carbocycles. The van der Waals surface area contributed by atoms with Crippen LogP contribution in [0, 0.1) is 0 Å². The number of morpholine rings is 1. The lowest BCUT2D eigenvalue weighted by Crippen LogP contribution is -2.50. The molecular formula is C10H15N3O3. The number of aromatic amines is 1. The molecule has 2 rings (SSSR count). The van der Waals surface area contributed by atoms with Crippen molar-refractivity contribution in [1.82, 2.24) is 9.97 Å². The van der Waals surface area contributed by atoms with Gasteiger partial charge in [-0.15, -0.1) is 0 Å². The minimum Gasteiger partial charge on any atom is -0.394 e. The lowest BCUT2D eigenvalue weighted by molar-refractivity contribution is -0.0105. The van der Waals surface area contributed by atoms with E-state index in [-0.39, 0.29) is 24.3 Å². The summed E-state index contributed by atoms with van der Waals surface area (Å²) in [7, 11) is 0. The molecule has 2 atom stereocenters. The summed E-state index contributed by atoms with van der Waals surface area (Å²) in [5.74, 6) is 0.623. The van der Waals surface area contributed by atoms with Gasteiger partial charge in [-0.05, 0) is 6.92 Å². The fourth-order valence-electron chi connectivity index (χ4n) is 1.76. The van der Waals surface area contributed by atoms with Crippen LogP contribution in [0.1, 0.15) is 6.92 Å². The molecule has 6 heteroatoms. The lowest BCUT2D eigenvalue weighted by atomic mass is 10.2. The third-order valence-electron chi connectivity index (χ3n) is 2.67. The average Bonchev–Trinajstić information content (AvgIpc) is 2.30. The Morgan fingerprint density at radius 2 is 2.56 bits per heavy atom. The summed E-state index contributed by atoms with van der Waals surface area (Å²) < 4.78 is 5.42. The molecule has 0 saturated carbocycles. The Kier molecular flexibility index (Phi) is 3.21. The van der Waals surface area contributed by atoms with Crippen molar-refractivity contribution < 1.29 is 9.84 Å². The summed E-state index contributed by atoms with van der Waals surface area (Å²) in [6, 6.07) is 1.60. The highest BCUT2D eigenvalue weighted by molar-refractivity contribution is 5.38. The summed E-state index contributed by atoms with van der Waals surface area (Å²) in [4.78, 5) is 19.8. The Morgan fingerprint density at radius 3 is 3.25 bits per heavy atom. The molecule has 0 aromatic carbocycles. The van der Waals surface area contributed by atoms with Gasteiger partial charge in [-0.1, -0.05) is 0 Å². The maximum Gasteiger partial charge on any atom is 0.252 e. The van der Waals surface area contributed by atoms with Gasteiger partial charge in [0.2, 0.25) is 0 Å². The molecule has 88 valence electrons. The number of aliphatic hydroxyl groups is 1. The van der Waals surface area contributed by atoms with E-state index in [2.05, 4.69) is 9.97 Å². The van der Waals surface area contributed by atoms with E-state index in [1.54, 1.807) is 0 Å². The van der Waals surface area contributed by atoms with Crippen molar-refractivity contribution in [3.05, 3.63) is 22.7 Å². The minimum atomic E-state index is -0.211. The predicted octanol–water partition coefficient (Wildman–Crippen LogP) is -0.644. The first kappa shape index (κ1) is 11.1. The Balaban J connectivity index is 2.21. The number of hydrogen-bond donors (Lipinski definition) is 2. The van der Waals surface area contributed by atoms with E-state index in [1.165, 1.54) is 12.4 Å². The molecular weight excluding hydrogens is 210 g/mol. The third-order valence-corrected chi connectivity index (χ3v) is 2.67. The summed E-state index contributed by atoms with van der Waals surface area (Å²) in [6.07, 6.45) is 1.17. The third kappa shape index (κ3) is 2.23. The summed E-state index contributed by atoms with van der Waals surface area (Å²) in [5.41, 5.74) is -0.177. The second-order valence-corrected chi connectivity index (χ2v) is 3.91. The van der Waals surface area contributed by atoms with E-state index in [1.807, 2.05) is 11.8 Å². The number of H-pyrrole nitrogens is 1. The smallest absolute Gasteiger partial charge is 0.252 e. The maximum atomic E-state index is 11.2. The van der Waals surface area contributed by atoms with Crippen LogP contribution in [-0.4, -0.2) is 47.0 Å². The first-order chi connectivity index (χ1) is 7.70. The Hall–Kier alpha value is -1.40. The number of aliphatic hydroxyl groups excluding tert-OH is 1. The van der Waals surface area contributed by atoms with E-state index in [0.717, 1.165) is 0 Å². The molecule has 0 amide bonds. The van der Waals surface area contributed by atoms with Crippen molar-refractivity contribution in [2.45, 2.75) is 19.1 Å². The topological polar surface area (TPSA) is 78.5 Å². The Labute approximate surface area is 92.9 Å². The Bertz CT molecular complexity index is 406. The molecule has 2 heterocycles. The molecule has 16 heavy (non-hydrogen) atoms. The van der Waals surface area contributed by atoms with Crippen LogP contribution in [0.25, 0.3) is 0 Å². The number of nitrogens with zero attached hydrogens (tertiary/aromatic N) is 2. The van der Waals surface area contributed by atoms with Crippen molar-refractivity contribution >= 4 is 5.82 Å². The van der Waals surface area contributed by atoms with Crippen molar-refractivity contribution in [1.29, 1.82) is 0 Å². The molecule has 1 saturated heterocycles. The molecule has 2 unspecified atom stereocenters. The fourth-order valence-corrected chi connectivity index (χ4v) is 1.76. The van der Waals surface area contributed by atoms with E-state index in [4.69, 9.17) is 9.84 Å². The number of rotatable bonds is 2. The van der Waals surface area contributed by atoms with Crippen molar-refractivity contribution in [3.63, 3.8) is 0 Å². The summed E-state index contributed by atoms with van der Waals surface area (Å²) >= 11 is 0. The van der Waals surface area contributed by atoms with Crippen LogP contribution in [0.15, 0.2) is 17.2 Å². The normalized spacial score (nSPS) is 25.8. The van der Waals surface area contributed by atoms with E-state index in [0.29, 0.717) is 19.0 Å². The molecule has 1 aliphatic heterocycles. The zero-order chi connectivity index (χ0) is 11.5. The monoisotopic (exact) mass is 225 g/mol. The van der Waals surface area contributed by atoms with Crippen molar-refractivity contribution in [2.75, 3.05) is 24.7 Å². The van der Waals surface area contributed by atoms with E-state index < -0.39 is 0 Å². The van der Waals surface area contributed by atoms with E-state index >= 15 is 0 Å². The van der Waals surface area contributed by atoms with Gasteiger partial charge in [0.05, 0.1) is 31.7 Å². The molecule has 1 aliphatic rings. The number of aromatic nitrogens is 2. The van der Waals surface area contributed by atoms with Crippen LogP contribution in [-0.2, 0) is 4.74 Å². The van der Waals surface area contributed by atoms with Gasteiger partial charge >= 0.3 is 0 Å². The predicted molar refractivity (Wildman–Crippen MR) is 58.5 cm³/mol. The maximum absolute atomic E-state index is 11.2. The number of ether oxygens (including phenoxy) is 1. The first-order valence-corrected chi connectivity index (χ1v) is 5.24. The van der Waals surface area contributed by atoms with Crippen LogP contribution in [0.3, 0.4) is 0 Å². The second kappa shape index (κ2) is 4.63. The van der Waals surface area contributed by atoms with Gasteiger partial charge in [0, 0.05) is 12.6 Å². The molecule has 1 aromatic heterocycles. The zero-order valence-corrected chi connectivity index (χ0v) is 9.09. The quantitative estimate of drug-likeness (QED) is 0.699. The summed E-state index contributed by atoms with van der Waals surface area (Å²) in [6.45, 7) is 3.05. The van der Waals surface area contributed by atoms with Gasteiger partial charge < -0.3 is 19.7 Å². The van der Waals surface area contributed by atoms with Crippen LogP contribution in [0.5, 0.6) is 0 Å². The highest BCUT2D eigenvalue weighted by Gasteiger charge is 2.26. The van der Waals surface area contributed by atoms with Gasteiger partial charge in [-0.25, -0.2) is 4.98 Å². The Morgan fingerprint density at radius 1 is 1.75 bits per heavy atom. The molecule has 0 spiro atoms. The van der Waals surface area contributed by atoms with Crippen molar-refractivity contribution in [2.24, 2.45) is 0 Å². The molecule has 1 fully saturated rings. The zero-order valence-electron chi connectivity index (χ0n) is 9.09. The molecule has 1 aromatic rings. The number of hydrogen-bond acceptors (Lipinski definition) is 5. The number of nitrogens with one attached hydrogen (secondary N) is 1. The van der Waals surface area contributed by atoms with E-state index in [9.17, 15) is 4.79 Å². The molecule has 0 bridgehead atoms. The van der Waals surface area contributed by atoms with Gasteiger partial charge in [0.1, 0.15) is 5.82 Å². The van der Waals surface area contributed by atoms with Gasteiger partial charge in [-0.3, -0.25) is 4.79 Å². The van der Waals surface area contributed by atoms with Crippen LogP contribution in [0.4, 0.5) is 5.82 Å². The fraction of sp³-hybridized carbons (Fsp3) is 0.600. The molecule has 2 N–H and O–H groups in total. The van der Waals surface area contributed by atoms with Crippen LogP contribution >= 0.6 is 0 Å². The second-order valence-electron chi connectivity index (χ2n) is 3.91. The van der Waals surface area contributed by atoms with Gasteiger partial charge in [0.25, 0.3) is 5.56 Å². The lowest BCUT2D eigenvalue weighted by Gasteiger charge is -2.38. The standard InChI is InChI=1S/C10H15N3O3/c1-7-5-16-8(4-14)3-13(7)9-2-10(15)12-6-11-9/h2,6-8,14H,3-5H2,1H3,(H,11,12,15). The molecule has 6 nitrogen and oxygen atoms in total.